The number of nitrogens with one attached hydrogen (secondary N) is 1. The quantitative estimate of drug-likeness (QED) is 0.423. The predicted molar refractivity (Wildman–Crippen MR) is 151 cm³/mol. The predicted octanol–water partition coefficient (Wildman–Crippen LogP) is 4.83. The van der Waals surface area contributed by atoms with Gasteiger partial charge in [0.15, 0.2) is 5.69 Å². The van der Waals surface area contributed by atoms with E-state index in [1.165, 1.54) is 22.9 Å². The second kappa shape index (κ2) is 11.2. The molecule has 2 aliphatic rings. The number of carbonyl (C=O) groups is 3. The van der Waals surface area contributed by atoms with Crippen molar-refractivity contribution in [1.82, 2.24) is 20.0 Å². The summed E-state index contributed by atoms with van der Waals surface area (Å²) in [7, 11) is 1.50. The van der Waals surface area contributed by atoms with Crippen molar-refractivity contribution in [3.8, 4) is 6.07 Å². The second-order valence-electron chi connectivity index (χ2n) is 11.0. The number of hydrogen-bond donors (Lipinski definition) is 1. The average molecular weight is 593 g/mol. The summed E-state index contributed by atoms with van der Waals surface area (Å²) in [6, 6.07) is 11.3. The molecule has 9 nitrogen and oxygen atoms in total. The average Bonchev–Trinajstić information content (AvgIpc) is 3.77. The number of hydrogen-bond acceptors (Lipinski definition) is 5. The minimum Gasteiger partial charge on any atom is -0.339 e. The number of fused-ring (bicyclic) bond motifs is 1. The number of halogens is 3. The SMILES string of the molecule is CCN1C(=O)[C@@H](NC(=O)c2cccc(C(F)(F)F)c2)[C@@H](c2ccc(C)cc2)c2c(C(=O)N(C)C(C)C#N)nn(C3CC3)c21. The highest BCUT2D eigenvalue weighted by Crippen LogP contribution is 2.47. The lowest BCUT2D eigenvalue weighted by atomic mass is 9.80. The van der Waals surface area contributed by atoms with Crippen molar-refractivity contribution in [2.24, 2.45) is 0 Å². The monoisotopic (exact) mass is 592 g/mol. The first-order valence-electron chi connectivity index (χ1n) is 14.0. The molecule has 43 heavy (non-hydrogen) atoms. The Balaban J connectivity index is 1.69. The molecule has 3 amide bonds. The number of carbonyl (C=O) groups excluding carboxylic acids is 3. The van der Waals surface area contributed by atoms with E-state index in [0.717, 1.165) is 36.6 Å². The molecule has 0 bridgehead atoms. The van der Waals surface area contributed by atoms with E-state index in [1.807, 2.05) is 19.1 Å². The van der Waals surface area contributed by atoms with Gasteiger partial charge in [-0.2, -0.15) is 23.5 Å². The van der Waals surface area contributed by atoms with E-state index >= 15 is 0 Å². The topological polar surface area (TPSA) is 111 Å². The minimum atomic E-state index is -4.66. The maximum absolute atomic E-state index is 14.2. The van der Waals surface area contributed by atoms with E-state index < -0.39 is 47.5 Å². The van der Waals surface area contributed by atoms with Crippen LogP contribution in [0, 0.1) is 18.3 Å². The first-order valence-corrected chi connectivity index (χ1v) is 14.0. The number of anilines is 1. The van der Waals surface area contributed by atoms with Crippen LogP contribution in [0.15, 0.2) is 48.5 Å². The summed E-state index contributed by atoms with van der Waals surface area (Å²) in [6.07, 6.45) is -3.04. The zero-order chi connectivity index (χ0) is 31.2. The number of likely N-dealkylation sites (N-methyl/N-ethyl adjacent to an activating group) is 1. The van der Waals surface area contributed by atoms with Crippen LogP contribution in [0.5, 0.6) is 0 Å². The normalized spacial score (nSPS) is 18.9. The van der Waals surface area contributed by atoms with Gasteiger partial charge in [0.2, 0.25) is 0 Å². The van der Waals surface area contributed by atoms with Crippen molar-refractivity contribution >= 4 is 23.5 Å². The zero-order valence-corrected chi connectivity index (χ0v) is 24.1. The van der Waals surface area contributed by atoms with Gasteiger partial charge in [0.25, 0.3) is 17.7 Å². The molecule has 0 saturated heterocycles. The van der Waals surface area contributed by atoms with Crippen LogP contribution in [0.25, 0.3) is 0 Å². The minimum absolute atomic E-state index is 0.0224. The van der Waals surface area contributed by atoms with E-state index in [2.05, 4.69) is 11.4 Å². The Kier molecular flexibility index (Phi) is 7.77. The summed E-state index contributed by atoms with van der Waals surface area (Å²) >= 11 is 0. The van der Waals surface area contributed by atoms with Crippen LogP contribution in [-0.4, -0.2) is 58.1 Å². The molecule has 224 valence electrons. The number of amides is 3. The number of nitriles is 1. The first-order chi connectivity index (χ1) is 20.4. The molecule has 2 aromatic carbocycles. The molecule has 5 rings (SSSR count). The van der Waals surface area contributed by atoms with Crippen LogP contribution in [-0.2, 0) is 11.0 Å². The van der Waals surface area contributed by atoms with E-state index in [-0.39, 0.29) is 23.8 Å². The highest BCUT2D eigenvalue weighted by atomic mass is 19.4. The van der Waals surface area contributed by atoms with Gasteiger partial charge in [-0.25, -0.2) is 4.68 Å². The van der Waals surface area contributed by atoms with Gasteiger partial charge in [0, 0.05) is 30.6 Å². The van der Waals surface area contributed by atoms with Crippen LogP contribution in [0.4, 0.5) is 19.0 Å². The number of rotatable bonds is 7. The van der Waals surface area contributed by atoms with Crippen LogP contribution < -0.4 is 10.2 Å². The van der Waals surface area contributed by atoms with Crippen molar-refractivity contribution in [3.05, 3.63) is 82.0 Å². The van der Waals surface area contributed by atoms with E-state index in [1.54, 1.807) is 30.7 Å². The molecular formula is C31H31F3N6O3. The Hall–Kier alpha value is -4.66. The summed E-state index contributed by atoms with van der Waals surface area (Å²) in [6.45, 7) is 5.43. The van der Waals surface area contributed by atoms with Gasteiger partial charge in [0.1, 0.15) is 17.9 Å². The van der Waals surface area contributed by atoms with Crippen molar-refractivity contribution < 1.29 is 27.6 Å². The number of benzene rings is 2. The maximum atomic E-state index is 14.2. The van der Waals surface area contributed by atoms with Gasteiger partial charge in [-0.15, -0.1) is 0 Å². The molecule has 12 heteroatoms. The summed E-state index contributed by atoms with van der Waals surface area (Å²) in [5, 5.41) is 16.9. The highest BCUT2D eigenvalue weighted by Gasteiger charge is 2.49. The summed E-state index contributed by atoms with van der Waals surface area (Å²) in [5.41, 5.74) is 0.793. The van der Waals surface area contributed by atoms with Crippen LogP contribution in [0.2, 0.25) is 0 Å². The lowest BCUT2D eigenvalue weighted by molar-refractivity contribution is -0.137. The molecule has 1 unspecified atom stereocenters. The summed E-state index contributed by atoms with van der Waals surface area (Å²) in [5.74, 6) is -2.29. The lowest BCUT2D eigenvalue weighted by Gasteiger charge is -2.38. The molecule has 1 aliphatic heterocycles. The van der Waals surface area contributed by atoms with Crippen LogP contribution in [0.1, 0.15) is 81.7 Å². The largest absolute Gasteiger partial charge is 0.416 e. The molecule has 3 aromatic rings. The Morgan fingerprint density at radius 2 is 1.86 bits per heavy atom. The van der Waals surface area contributed by atoms with Crippen molar-refractivity contribution in [3.63, 3.8) is 0 Å². The number of nitrogens with zero attached hydrogens (tertiary/aromatic N) is 5. The molecule has 1 saturated carbocycles. The fourth-order valence-electron chi connectivity index (χ4n) is 5.38. The van der Waals surface area contributed by atoms with Gasteiger partial charge < -0.3 is 10.2 Å². The standard InChI is InChI=1S/C31H31F3N6O3/c1-5-39-28-24(26(37-40(28)22-13-14-22)29(42)38(4)18(3)16-35)23(19-11-9-17(2)10-12-19)25(30(39)43)36-27(41)20-7-6-8-21(15-20)31(32,33)34/h6-12,15,18,22-23,25H,5,13-14H2,1-4H3,(H,36,41)/t18?,23-,25-/m0/s1. The fraction of sp³-hybridized carbons (Fsp3) is 0.387. The zero-order valence-electron chi connectivity index (χ0n) is 24.1. The van der Waals surface area contributed by atoms with Gasteiger partial charge in [-0.05, 0) is 57.4 Å². The lowest BCUT2D eigenvalue weighted by Crippen LogP contribution is -2.55. The third kappa shape index (κ3) is 5.47. The fourth-order valence-corrected chi connectivity index (χ4v) is 5.38. The Morgan fingerprint density at radius 3 is 2.44 bits per heavy atom. The number of aromatic nitrogens is 2. The molecule has 3 atom stereocenters. The van der Waals surface area contributed by atoms with Gasteiger partial charge >= 0.3 is 6.18 Å². The second-order valence-corrected chi connectivity index (χ2v) is 11.0. The molecule has 1 N–H and O–H groups in total. The van der Waals surface area contributed by atoms with Crippen molar-refractivity contribution in [2.45, 2.75) is 63.8 Å². The van der Waals surface area contributed by atoms with Gasteiger partial charge in [0.05, 0.1) is 17.7 Å². The number of alkyl halides is 3. The Bertz CT molecular complexity index is 1620. The molecule has 1 aliphatic carbocycles. The van der Waals surface area contributed by atoms with Crippen molar-refractivity contribution in [1.29, 1.82) is 5.26 Å². The van der Waals surface area contributed by atoms with Gasteiger partial charge in [-0.1, -0.05) is 35.9 Å². The smallest absolute Gasteiger partial charge is 0.339 e. The van der Waals surface area contributed by atoms with Crippen molar-refractivity contribution in [2.75, 3.05) is 18.5 Å². The third-order valence-electron chi connectivity index (χ3n) is 8.03. The molecule has 0 spiro atoms. The summed E-state index contributed by atoms with van der Waals surface area (Å²) < 4.78 is 41.9. The molecule has 1 aromatic heterocycles. The first kappa shape index (κ1) is 29.8. The van der Waals surface area contributed by atoms with E-state index in [4.69, 9.17) is 5.10 Å². The highest BCUT2D eigenvalue weighted by molar-refractivity contribution is 6.07. The van der Waals surface area contributed by atoms with Crippen LogP contribution >= 0.6 is 0 Å². The molecule has 1 fully saturated rings. The van der Waals surface area contributed by atoms with E-state index in [9.17, 15) is 32.8 Å². The summed E-state index contributed by atoms with van der Waals surface area (Å²) in [4.78, 5) is 44.3. The molecule has 0 radical (unpaired) electrons. The van der Waals surface area contributed by atoms with Crippen LogP contribution in [0.3, 0.4) is 0 Å². The number of aryl methyl sites for hydroxylation is 1. The Morgan fingerprint density at radius 1 is 1.19 bits per heavy atom. The Labute approximate surface area is 246 Å². The third-order valence-corrected chi connectivity index (χ3v) is 8.03. The maximum Gasteiger partial charge on any atom is 0.416 e. The molecular weight excluding hydrogens is 561 g/mol. The van der Waals surface area contributed by atoms with Gasteiger partial charge in [-0.3, -0.25) is 19.3 Å². The molecule has 2 heterocycles. The van der Waals surface area contributed by atoms with E-state index in [0.29, 0.717) is 16.9 Å².